The van der Waals surface area contributed by atoms with E-state index in [-0.39, 0.29) is 17.0 Å². The average molecular weight is 275 g/mol. The molecule has 1 aliphatic rings. The van der Waals surface area contributed by atoms with E-state index in [1.165, 1.54) is 6.07 Å². The van der Waals surface area contributed by atoms with Crippen LogP contribution in [0.15, 0.2) is 23.1 Å². The van der Waals surface area contributed by atoms with Gasteiger partial charge < -0.3 is 5.73 Å². The van der Waals surface area contributed by atoms with Crippen molar-refractivity contribution in [3.63, 3.8) is 0 Å². The summed E-state index contributed by atoms with van der Waals surface area (Å²) < 4.78 is 26.8. The van der Waals surface area contributed by atoms with E-state index >= 15 is 0 Å². The molecule has 17 heavy (non-hydrogen) atoms. The quantitative estimate of drug-likeness (QED) is 0.876. The smallest absolute Gasteiger partial charge is 0.241 e. The molecule has 4 nitrogen and oxygen atoms in total. The number of nitrogens with one attached hydrogen (secondary N) is 1. The molecule has 0 amide bonds. The second-order valence-electron chi connectivity index (χ2n) is 4.46. The molecule has 0 atom stereocenters. The van der Waals surface area contributed by atoms with E-state index in [0.29, 0.717) is 23.4 Å². The predicted octanol–water partition coefficient (Wildman–Crippen LogP) is 1.42. The summed E-state index contributed by atoms with van der Waals surface area (Å²) in [6.45, 7) is 1.73. The summed E-state index contributed by atoms with van der Waals surface area (Å²) >= 11 is 5.80. The van der Waals surface area contributed by atoms with E-state index < -0.39 is 10.0 Å². The molecule has 3 N–H and O–H groups in total. The highest BCUT2D eigenvalue weighted by atomic mass is 35.5. The van der Waals surface area contributed by atoms with E-state index in [2.05, 4.69) is 4.72 Å². The number of sulfonamides is 1. The first-order valence-electron chi connectivity index (χ1n) is 5.42. The lowest BCUT2D eigenvalue weighted by Crippen LogP contribution is -2.50. The van der Waals surface area contributed by atoms with Crippen molar-refractivity contribution in [2.45, 2.75) is 36.7 Å². The van der Waals surface area contributed by atoms with Gasteiger partial charge in [0.2, 0.25) is 10.0 Å². The molecular formula is C11H15ClN2O2S. The third kappa shape index (κ3) is 2.80. The summed E-state index contributed by atoms with van der Waals surface area (Å²) in [4.78, 5) is 0.280. The van der Waals surface area contributed by atoms with Crippen LogP contribution in [0, 0.1) is 6.92 Å². The maximum atomic E-state index is 12.1. The van der Waals surface area contributed by atoms with Gasteiger partial charge >= 0.3 is 0 Å². The van der Waals surface area contributed by atoms with E-state index in [1.54, 1.807) is 19.1 Å². The van der Waals surface area contributed by atoms with Crippen molar-refractivity contribution in [1.82, 2.24) is 4.72 Å². The molecule has 0 aliphatic heterocycles. The summed E-state index contributed by atoms with van der Waals surface area (Å²) in [7, 11) is -3.46. The molecule has 1 aromatic rings. The fraction of sp³-hybridized carbons (Fsp3) is 0.455. The number of nitrogens with two attached hydrogens (primary N) is 1. The summed E-state index contributed by atoms with van der Waals surface area (Å²) in [5, 5.41) is 0.534. The van der Waals surface area contributed by atoms with Gasteiger partial charge in [-0.05, 0) is 43.5 Å². The Morgan fingerprint density at radius 3 is 2.59 bits per heavy atom. The van der Waals surface area contributed by atoms with E-state index in [1.807, 2.05) is 0 Å². The van der Waals surface area contributed by atoms with Crippen molar-refractivity contribution in [3.8, 4) is 0 Å². The summed E-state index contributed by atoms with van der Waals surface area (Å²) in [5.41, 5.74) is 6.27. The van der Waals surface area contributed by atoms with Crippen LogP contribution in [0.4, 0.5) is 0 Å². The maximum Gasteiger partial charge on any atom is 0.241 e. The molecule has 2 rings (SSSR count). The van der Waals surface area contributed by atoms with Gasteiger partial charge in [-0.2, -0.15) is 0 Å². The monoisotopic (exact) mass is 274 g/mol. The number of aryl methyl sites for hydroxylation is 1. The second-order valence-corrected chi connectivity index (χ2v) is 6.58. The molecular weight excluding hydrogens is 260 g/mol. The van der Waals surface area contributed by atoms with Gasteiger partial charge in [-0.25, -0.2) is 13.1 Å². The van der Waals surface area contributed by atoms with Crippen LogP contribution in [-0.2, 0) is 10.0 Å². The Bertz CT molecular complexity index is 524. The van der Waals surface area contributed by atoms with Crippen LogP contribution in [0.1, 0.15) is 18.4 Å². The van der Waals surface area contributed by atoms with Crippen LogP contribution in [0.2, 0.25) is 5.02 Å². The lowest BCUT2D eigenvalue weighted by Gasteiger charge is -2.32. The van der Waals surface area contributed by atoms with Crippen LogP contribution >= 0.6 is 11.6 Å². The summed E-state index contributed by atoms with van der Waals surface area (Å²) in [5.74, 6) is 0. The molecule has 94 valence electrons. The normalized spacial score (nSPS) is 24.4. The summed E-state index contributed by atoms with van der Waals surface area (Å²) in [6, 6.07) is 4.83. The van der Waals surface area contributed by atoms with Crippen molar-refractivity contribution < 1.29 is 8.42 Å². The highest BCUT2D eigenvalue weighted by Crippen LogP contribution is 2.23. The van der Waals surface area contributed by atoms with Crippen LogP contribution in [0.3, 0.4) is 0 Å². The molecule has 0 saturated heterocycles. The fourth-order valence-electron chi connectivity index (χ4n) is 1.96. The maximum absolute atomic E-state index is 12.1. The van der Waals surface area contributed by atoms with E-state index in [0.717, 1.165) is 0 Å². The first-order chi connectivity index (χ1) is 7.88. The fourth-order valence-corrected chi connectivity index (χ4v) is 3.67. The molecule has 0 bridgehead atoms. The molecule has 0 aromatic heterocycles. The van der Waals surface area contributed by atoms with Crippen LogP contribution in [0.5, 0.6) is 0 Å². The van der Waals surface area contributed by atoms with Crippen molar-refractivity contribution in [2.75, 3.05) is 0 Å². The standard InChI is InChI=1S/C11H15ClN2O2S/c1-7-4-8(12)2-3-11(7)17(15,16)14-10-5-9(13)6-10/h2-4,9-10,14H,5-6,13H2,1H3. The van der Waals surface area contributed by atoms with Gasteiger partial charge in [0.05, 0.1) is 4.90 Å². The SMILES string of the molecule is Cc1cc(Cl)ccc1S(=O)(=O)NC1CC(N)C1. The van der Waals surface area contributed by atoms with Gasteiger partial charge in [0.15, 0.2) is 0 Å². The van der Waals surface area contributed by atoms with Crippen LogP contribution in [-0.4, -0.2) is 20.5 Å². The Balaban J connectivity index is 2.20. The molecule has 1 aromatic carbocycles. The molecule has 1 aliphatic carbocycles. The third-order valence-corrected chi connectivity index (χ3v) is 4.84. The van der Waals surface area contributed by atoms with Gasteiger partial charge in [-0.15, -0.1) is 0 Å². The van der Waals surface area contributed by atoms with Gasteiger partial charge in [0.25, 0.3) is 0 Å². The molecule has 1 fully saturated rings. The lowest BCUT2D eigenvalue weighted by molar-refractivity contribution is 0.327. The number of rotatable bonds is 3. The van der Waals surface area contributed by atoms with E-state index in [9.17, 15) is 8.42 Å². The van der Waals surface area contributed by atoms with Gasteiger partial charge in [0, 0.05) is 17.1 Å². The Morgan fingerprint density at radius 2 is 2.06 bits per heavy atom. The highest BCUT2D eigenvalue weighted by molar-refractivity contribution is 7.89. The topological polar surface area (TPSA) is 72.2 Å². The Morgan fingerprint density at radius 1 is 1.41 bits per heavy atom. The van der Waals surface area contributed by atoms with Crippen LogP contribution in [0.25, 0.3) is 0 Å². The zero-order valence-electron chi connectivity index (χ0n) is 9.48. The Hall–Kier alpha value is -0.620. The van der Waals surface area contributed by atoms with Gasteiger partial charge in [-0.1, -0.05) is 11.6 Å². The van der Waals surface area contributed by atoms with Crippen molar-refractivity contribution in [2.24, 2.45) is 5.73 Å². The number of halogens is 1. The largest absolute Gasteiger partial charge is 0.328 e. The number of hydrogen-bond acceptors (Lipinski definition) is 3. The zero-order chi connectivity index (χ0) is 12.6. The van der Waals surface area contributed by atoms with Gasteiger partial charge in [-0.3, -0.25) is 0 Å². The van der Waals surface area contributed by atoms with Crippen molar-refractivity contribution >= 4 is 21.6 Å². The number of hydrogen-bond donors (Lipinski definition) is 2. The first-order valence-corrected chi connectivity index (χ1v) is 7.28. The third-order valence-electron chi connectivity index (χ3n) is 2.92. The number of benzene rings is 1. The van der Waals surface area contributed by atoms with Crippen molar-refractivity contribution in [1.29, 1.82) is 0 Å². The Kier molecular flexibility index (Phi) is 3.45. The molecule has 0 radical (unpaired) electrons. The predicted molar refractivity (Wildman–Crippen MR) is 67.5 cm³/mol. The second kappa shape index (κ2) is 4.57. The van der Waals surface area contributed by atoms with E-state index in [4.69, 9.17) is 17.3 Å². The summed E-state index contributed by atoms with van der Waals surface area (Å²) in [6.07, 6.45) is 1.40. The molecule has 6 heteroatoms. The average Bonchev–Trinajstić information content (AvgIpc) is 2.14. The highest BCUT2D eigenvalue weighted by Gasteiger charge is 2.30. The molecule has 1 saturated carbocycles. The van der Waals surface area contributed by atoms with Gasteiger partial charge in [0.1, 0.15) is 0 Å². The molecule has 0 unspecified atom stereocenters. The Labute approximate surface area is 106 Å². The molecule has 0 spiro atoms. The minimum Gasteiger partial charge on any atom is -0.328 e. The van der Waals surface area contributed by atoms with Crippen LogP contribution < -0.4 is 10.5 Å². The minimum atomic E-state index is -3.46. The lowest BCUT2D eigenvalue weighted by atomic mass is 9.89. The first kappa shape index (κ1) is 12.8. The van der Waals surface area contributed by atoms with Crippen molar-refractivity contribution in [3.05, 3.63) is 28.8 Å². The zero-order valence-corrected chi connectivity index (χ0v) is 11.1. The minimum absolute atomic E-state index is 0.0370. The molecule has 0 heterocycles.